The third kappa shape index (κ3) is 2.85. The molecule has 0 radical (unpaired) electrons. The number of benzene rings is 2. The van der Waals surface area contributed by atoms with Crippen LogP contribution < -0.4 is 0 Å². The average Bonchev–Trinajstić information content (AvgIpc) is 2.47. The van der Waals surface area contributed by atoms with Crippen LogP contribution in [0.25, 0.3) is 22.8 Å². The third-order valence-electron chi connectivity index (χ3n) is 2.92. The highest BCUT2D eigenvalue weighted by Gasteiger charge is 2.08. The van der Waals surface area contributed by atoms with E-state index in [-0.39, 0.29) is 0 Å². The molecule has 20 heavy (non-hydrogen) atoms. The fraction of sp³-hybridized carbons (Fsp3) is 0.0625. The number of nitrogens with zero attached hydrogens (tertiary/aromatic N) is 3. The molecule has 0 amide bonds. The minimum atomic E-state index is 0.702. The zero-order chi connectivity index (χ0) is 13.9. The quantitative estimate of drug-likeness (QED) is 0.635. The Morgan fingerprint density at radius 3 is 2.10 bits per heavy atom. The topological polar surface area (TPSA) is 38.7 Å². The van der Waals surface area contributed by atoms with E-state index in [4.69, 9.17) is 0 Å². The van der Waals surface area contributed by atoms with Crippen molar-refractivity contribution in [2.24, 2.45) is 0 Å². The highest BCUT2D eigenvalue weighted by atomic mass is 127. The summed E-state index contributed by atoms with van der Waals surface area (Å²) in [7, 11) is 0. The second-order valence-corrected chi connectivity index (χ2v) is 5.45. The summed E-state index contributed by atoms with van der Waals surface area (Å²) in [5, 5.41) is 0. The van der Waals surface area contributed by atoms with Crippen molar-refractivity contribution in [1.82, 2.24) is 15.0 Å². The molecule has 98 valence electrons. The molecule has 0 saturated heterocycles. The lowest BCUT2D eigenvalue weighted by Gasteiger charge is -2.05. The van der Waals surface area contributed by atoms with Crippen molar-refractivity contribution < 1.29 is 0 Å². The maximum absolute atomic E-state index is 4.59. The van der Waals surface area contributed by atoms with Crippen LogP contribution in [0, 0.1) is 10.8 Å². The van der Waals surface area contributed by atoms with Crippen molar-refractivity contribution >= 4 is 22.6 Å². The van der Waals surface area contributed by atoms with Gasteiger partial charge < -0.3 is 0 Å². The minimum Gasteiger partial charge on any atom is -0.208 e. The maximum atomic E-state index is 4.59. The van der Waals surface area contributed by atoms with Gasteiger partial charge in [-0.05, 0) is 13.0 Å². The average molecular weight is 373 g/mol. The van der Waals surface area contributed by atoms with Crippen molar-refractivity contribution in [3.8, 4) is 22.8 Å². The van der Waals surface area contributed by atoms with Crippen LogP contribution in [0.5, 0.6) is 0 Å². The van der Waals surface area contributed by atoms with Crippen LogP contribution in [-0.4, -0.2) is 15.0 Å². The molecule has 1 aromatic heterocycles. The molecule has 0 N–H and O–H groups in total. The SMILES string of the molecule is Cc1cccc(-c2nc(I)nc(-c3ccccc3)n2)c1. The first kappa shape index (κ1) is 13.2. The lowest BCUT2D eigenvalue weighted by molar-refractivity contribution is 1.02. The Morgan fingerprint density at radius 2 is 1.40 bits per heavy atom. The summed E-state index contributed by atoms with van der Waals surface area (Å²) < 4.78 is 0.702. The molecule has 0 bridgehead atoms. The maximum Gasteiger partial charge on any atom is 0.194 e. The molecule has 3 nitrogen and oxygen atoms in total. The molecule has 0 aliphatic rings. The Kier molecular flexibility index (Phi) is 3.73. The van der Waals surface area contributed by atoms with Gasteiger partial charge in [-0.25, -0.2) is 15.0 Å². The number of hydrogen-bond acceptors (Lipinski definition) is 3. The van der Waals surface area contributed by atoms with Gasteiger partial charge in [-0.1, -0.05) is 54.1 Å². The van der Waals surface area contributed by atoms with Crippen molar-refractivity contribution in [2.75, 3.05) is 0 Å². The lowest BCUT2D eigenvalue weighted by atomic mass is 10.1. The summed E-state index contributed by atoms with van der Waals surface area (Å²) in [6.07, 6.45) is 0. The summed E-state index contributed by atoms with van der Waals surface area (Å²) in [5.74, 6) is 1.42. The van der Waals surface area contributed by atoms with E-state index in [9.17, 15) is 0 Å². The van der Waals surface area contributed by atoms with Gasteiger partial charge in [0.2, 0.25) is 0 Å². The Morgan fingerprint density at radius 1 is 0.750 bits per heavy atom. The third-order valence-corrected chi connectivity index (χ3v) is 3.40. The summed E-state index contributed by atoms with van der Waals surface area (Å²) in [6.45, 7) is 2.06. The first-order valence-electron chi connectivity index (χ1n) is 6.26. The molecule has 0 atom stereocenters. The van der Waals surface area contributed by atoms with E-state index >= 15 is 0 Å². The van der Waals surface area contributed by atoms with Crippen LogP contribution in [-0.2, 0) is 0 Å². The van der Waals surface area contributed by atoms with Crippen LogP contribution in [0.4, 0.5) is 0 Å². The van der Waals surface area contributed by atoms with Gasteiger partial charge in [0.15, 0.2) is 15.5 Å². The van der Waals surface area contributed by atoms with Gasteiger partial charge in [0.1, 0.15) is 0 Å². The van der Waals surface area contributed by atoms with E-state index in [1.165, 1.54) is 5.56 Å². The Hall–Kier alpha value is -1.82. The molecule has 3 aromatic rings. The van der Waals surface area contributed by atoms with E-state index in [2.05, 4.69) is 56.6 Å². The number of hydrogen-bond donors (Lipinski definition) is 0. The molecule has 0 fully saturated rings. The molecule has 0 saturated carbocycles. The van der Waals surface area contributed by atoms with Crippen LogP contribution >= 0.6 is 22.6 Å². The molecule has 3 rings (SSSR count). The highest BCUT2D eigenvalue weighted by molar-refractivity contribution is 14.1. The fourth-order valence-corrected chi connectivity index (χ4v) is 2.44. The number of aryl methyl sites for hydroxylation is 1. The zero-order valence-electron chi connectivity index (χ0n) is 10.9. The van der Waals surface area contributed by atoms with Crippen LogP contribution in [0.2, 0.25) is 0 Å². The molecule has 0 aliphatic heterocycles. The van der Waals surface area contributed by atoms with Crippen molar-refractivity contribution in [3.05, 3.63) is 64.0 Å². The molecule has 4 heteroatoms. The number of rotatable bonds is 2. The van der Waals surface area contributed by atoms with Gasteiger partial charge in [0, 0.05) is 33.7 Å². The fourth-order valence-electron chi connectivity index (χ4n) is 1.98. The summed E-state index contributed by atoms with van der Waals surface area (Å²) >= 11 is 2.13. The lowest BCUT2D eigenvalue weighted by Crippen LogP contribution is -1.99. The predicted octanol–water partition coefficient (Wildman–Crippen LogP) is 4.12. The van der Waals surface area contributed by atoms with E-state index in [0.717, 1.165) is 11.1 Å². The molecule has 2 aromatic carbocycles. The number of halogens is 1. The van der Waals surface area contributed by atoms with Gasteiger partial charge in [-0.2, -0.15) is 0 Å². The molecule has 0 aliphatic carbocycles. The van der Waals surface area contributed by atoms with Gasteiger partial charge in [-0.15, -0.1) is 0 Å². The molecular weight excluding hydrogens is 361 g/mol. The summed E-state index contributed by atoms with van der Waals surface area (Å²) in [6, 6.07) is 18.1. The first-order chi connectivity index (χ1) is 9.72. The monoisotopic (exact) mass is 373 g/mol. The minimum absolute atomic E-state index is 0.702. The van der Waals surface area contributed by atoms with E-state index < -0.39 is 0 Å². The second kappa shape index (κ2) is 5.66. The molecular formula is C16H12IN3. The number of aromatic nitrogens is 3. The molecule has 1 heterocycles. The van der Waals surface area contributed by atoms with Crippen molar-refractivity contribution in [3.63, 3.8) is 0 Å². The summed E-state index contributed by atoms with van der Waals surface area (Å²) in [5.41, 5.74) is 3.21. The summed E-state index contributed by atoms with van der Waals surface area (Å²) in [4.78, 5) is 13.4. The normalized spacial score (nSPS) is 10.5. The highest BCUT2D eigenvalue weighted by Crippen LogP contribution is 2.21. The van der Waals surface area contributed by atoms with E-state index in [1.54, 1.807) is 0 Å². The Balaban J connectivity index is 2.12. The van der Waals surface area contributed by atoms with Gasteiger partial charge >= 0.3 is 0 Å². The van der Waals surface area contributed by atoms with E-state index in [0.29, 0.717) is 15.5 Å². The standard InChI is InChI=1S/C16H12IN3/c1-11-6-5-9-13(10-11)15-18-14(19-16(17)20-15)12-7-3-2-4-8-12/h2-10H,1H3. The molecule has 0 unspecified atom stereocenters. The van der Waals surface area contributed by atoms with Gasteiger partial charge in [0.05, 0.1) is 0 Å². The largest absolute Gasteiger partial charge is 0.208 e. The van der Waals surface area contributed by atoms with Crippen LogP contribution in [0.1, 0.15) is 5.56 Å². The van der Waals surface area contributed by atoms with Crippen molar-refractivity contribution in [2.45, 2.75) is 6.92 Å². The zero-order valence-corrected chi connectivity index (χ0v) is 13.1. The predicted molar refractivity (Wildman–Crippen MR) is 88.2 cm³/mol. The van der Waals surface area contributed by atoms with Crippen LogP contribution in [0.3, 0.4) is 0 Å². The van der Waals surface area contributed by atoms with E-state index in [1.807, 2.05) is 42.5 Å². The van der Waals surface area contributed by atoms with Crippen molar-refractivity contribution in [1.29, 1.82) is 0 Å². The Labute approximate surface area is 131 Å². The Bertz CT molecular complexity index is 742. The first-order valence-corrected chi connectivity index (χ1v) is 7.34. The second-order valence-electron chi connectivity index (χ2n) is 4.49. The molecule has 0 spiro atoms. The van der Waals surface area contributed by atoms with Crippen LogP contribution in [0.15, 0.2) is 54.6 Å². The van der Waals surface area contributed by atoms with Gasteiger partial charge in [0.25, 0.3) is 0 Å². The smallest absolute Gasteiger partial charge is 0.194 e. The van der Waals surface area contributed by atoms with Gasteiger partial charge in [-0.3, -0.25) is 0 Å².